The average molecular weight is 1970 g/mol. The Hall–Kier alpha value is -6.44. The summed E-state index contributed by atoms with van der Waals surface area (Å²) >= 11 is 10.5. The molecule has 0 bridgehead atoms. The van der Waals surface area contributed by atoms with Crippen LogP contribution in [0, 0.1) is 21.7 Å². The van der Waals surface area contributed by atoms with Gasteiger partial charge in [0.1, 0.15) is 17.2 Å². The van der Waals surface area contributed by atoms with Gasteiger partial charge in [0, 0.05) is 71.2 Å². The van der Waals surface area contributed by atoms with E-state index in [-0.39, 0.29) is 82.9 Å². The first-order valence-electron chi connectivity index (χ1n) is 45.9. The Morgan fingerprint density at radius 1 is 0.380 bits per heavy atom. The lowest BCUT2D eigenvalue weighted by Crippen LogP contribution is -2.41. The van der Waals surface area contributed by atoms with Crippen molar-refractivity contribution in [3.05, 3.63) is 242 Å². The van der Waals surface area contributed by atoms with Crippen LogP contribution >= 0.6 is 47.8 Å². The summed E-state index contributed by atoms with van der Waals surface area (Å²) in [6, 6.07) is 36.8. The average Bonchev–Trinajstić information content (AvgIpc) is 1.51. The largest absolute Gasteiger partial charge is 0.544 e. The minimum Gasteiger partial charge on any atom is -0.544 e. The summed E-state index contributed by atoms with van der Waals surface area (Å²) in [7, 11) is -0.317. The van der Waals surface area contributed by atoms with Gasteiger partial charge in [-0.15, -0.1) is 0 Å². The van der Waals surface area contributed by atoms with Gasteiger partial charge in [0.25, 0.3) is 0 Å². The van der Waals surface area contributed by atoms with E-state index in [1.165, 1.54) is 31.1 Å². The smallest absolute Gasteiger partial charge is 0.494 e. The number of halogens is 3. The second kappa shape index (κ2) is 41.0. The van der Waals surface area contributed by atoms with E-state index in [0.29, 0.717) is 24.7 Å². The first-order chi connectivity index (χ1) is 58.2. The molecule has 3 saturated heterocycles. The van der Waals surface area contributed by atoms with Gasteiger partial charge in [-0.2, -0.15) is 0 Å². The number of phenolic OH excluding ortho intramolecular Hbond substituents is 2. The van der Waals surface area contributed by atoms with Gasteiger partial charge in [-0.05, 0) is 300 Å². The maximum Gasteiger partial charge on any atom is 0.494 e. The van der Waals surface area contributed by atoms with Crippen molar-refractivity contribution in [3.63, 3.8) is 0 Å². The Morgan fingerprint density at radius 2 is 0.651 bits per heavy atom. The van der Waals surface area contributed by atoms with E-state index in [9.17, 15) is 24.6 Å². The third-order valence-electron chi connectivity index (χ3n) is 24.3. The molecule has 0 amide bonds. The summed E-state index contributed by atoms with van der Waals surface area (Å²) in [5.74, 6) is 1.74. The Labute approximate surface area is 807 Å². The first-order valence-corrected chi connectivity index (χ1v) is 51.7. The van der Waals surface area contributed by atoms with Gasteiger partial charge in [0.15, 0.2) is 11.6 Å². The molecule has 2 N–H and O–H groups in total. The number of benzene rings is 6. The Bertz CT molecular complexity index is 4980. The number of aromatic hydroxyl groups is 2. The highest BCUT2D eigenvalue weighted by Gasteiger charge is 2.52. The van der Waals surface area contributed by atoms with E-state index in [1.807, 2.05) is 27.7 Å². The van der Waals surface area contributed by atoms with Gasteiger partial charge >= 0.3 is 20.8 Å². The molecular formula is C111H159B2Br3O12Si. The number of carbonyl (C=O) groups excluding carboxylic acids is 3. The van der Waals surface area contributed by atoms with Crippen molar-refractivity contribution >= 4 is 105 Å². The van der Waals surface area contributed by atoms with Crippen LogP contribution < -0.4 is 9.89 Å². The number of ether oxygens (including phenoxy) is 2. The van der Waals surface area contributed by atoms with Gasteiger partial charge in [0.2, 0.25) is 8.32 Å². The molecule has 0 aromatic heterocycles. The van der Waals surface area contributed by atoms with Gasteiger partial charge < -0.3 is 42.7 Å². The molecule has 0 atom stereocenters. The number of carbonyl (C=O) groups is 3. The minimum absolute atomic E-state index is 0.0682. The molecule has 18 heteroatoms. The molecule has 3 fully saturated rings. The van der Waals surface area contributed by atoms with Crippen molar-refractivity contribution in [2.75, 3.05) is 20.3 Å². The standard InChI is InChI=1S/C41H57BO4.C35H45BrO2.C17H29BrOSi.C8H7BrO2.C6H13BO2.C4H8O/c1-36(2,3)29-21-26(22-30(34(29)43)37(4,5)6)33(27-23-31(38(7,8)9)35(44)32(24-27)39(10,11)12)25-17-19-28(20-18-25)42-45-40(13,14)41(15,16)46-42;1-32(2,3)25-17-22(18-26(30(25)37)33(4,5)6)29(21-13-15-24(36)16-14-21)23-19-27(34(7,8)9)31(38)28(20-23)35(10,11)12;1-16(2,3)13-10-12(18)11-14(17(4,5)6)15(13)19-20(7,8)9;1-11-8(10)6-2-4-7(9)5-3-6;1-5(2)6(3,4)9-7-8-5;1-2-4-5-3-1/h17-24,43H,1-16H3;13-20,37H,1-12H3;10-11H,1-9H3;2-5H,1H3;7H,1-4H3;1-4H2. The number of Topliss-reactive ketones (excluding diaryl/α,β-unsaturated/α-hetero) is 2. The Balaban J connectivity index is 0.000000272. The third kappa shape index (κ3) is 29.3. The zero-order valence-electron chi connectivity index (χ0n) is 86.9. The highest BCUT2D eigenvalue weighted by Crippen LogP contribution is 2.51. The van der Waals surface area contributed by atoms with Gasteiger partial charge in [0.05, 0.1) is 35.1 Å². The SMILES string of the molecule is C1CCOC1.CC(C)(C)C1=CC(=C(c2ccc(B3OC(C)(C)C(C)(C)O3)cc2)c2cc(C(C)(C)C)c(O)c(C(C)(C)C)c2)C=C(C(C)(C)C)C1=O.CC(C)(C)C1=CC(=C(c2ccc(Br)cc2)c2cc(C(C)(C)C)c(O)c(C(C)(C)C)c2)C=C(C(C)(C)C)C1=O.CC(C)(C)c1cc(Br)cc(C(C)(C)C)c1O[Si](C)(C)C.CC1(C)OBOC1(C)C.COC(=O)c1ccc(Br)cc1. The molecule has 6 aromatic rings. The van der Waals surface area contributed by atoms with Crippen LogP contribution in [0.5, 0.6) is 17.2 Å². The van der Waals surface area contributed by atoms with Crippen molar-refractivity contribution in [2.24, 2.45) is 21.7 Å². The summed E-state index contributed by atoms with van der Waals surface area (Å²) < 4.78 is 42.5. The molecule has 0 unspecified atom stereocenters. The van der Waals surface area contributed by atoms with Crippen LogP contribution in [0.15, 0.2) is 180 Å². The lowest BCUT2D eigenvalue weighted by molar-refractivity contribution is -0.114. The topological polar surface area (TPSA) is 156 Å². The van der Waals surface area contributed by atoms with Crippen LogP contribution in [0.2, 0.25) is 19.6 Å². The summed E-state index contributed by atoms with van der Waals surface area (Å²) in [5.41, 5.74) is 15.8. The number of hydrogen-bond donors (Lipinski definition) is 2. The van der Waals surface area contributed by atoms with Gasteiger partial charge in [-0.25, -0.2) is 4.79 Å². The molecule has 5 aliphatic rings. The fraction of sp³-hybridized carbons (Fsp3) is 0.541. The molecular weight excluding hydrogens is 1810 g/mol. The summed E-state index contributed by atoms with van der Waals surface area (Å²) in [4.78, 5) is 38.6. The molecule has 129 heavy (non-hydrogen) atoms. The molecule has 0 spiro atoms. The number of hydrogen-bond acceptors (Lipinski definition) is 12. The zero-order valence-corrected chi connectivity index (χ0v) is 92.7. The lowest BCUT2D eigenvalue weighted by atomic mass is 9.70. The van der Waals surface area contributed by atoms with Crippen molar-refractivity contribution in [3.8, 4) is 17.2 Å². The molecule has 706 valence electrons. The molecule has 2 aliphatic carbocycles. The monoisotopic (exact) mass is 1970 g/mol. The van der Waals surface area contributed by atoms with E-state index in [2.05, 4.69) is 417 Å². The van der Waals surface area contributed by atoms with Crippen LogP contribution in [-0.2, 0) is 70.2 Å². The first kappa shape index (κ1) is 111. The quantitative estimate of drug-likeness (QED) is 0.110. The van der Waals surface area contributed by atoms with Gasteiger partial charge in [-0.1, -0.05) is 292 Å². The second-order valence-corrected chi connectivity index (χ2v) is 55.6. The molecule has 3 heterocycles. The van der Waals surface area contributed by atoms with E-state index >= 15 is 0 Å². The fourth-order valence-corrected chi connectivity index (χ4v) is 16.9. The minimum atomic E-state index is -1.65. The number of methoxy groups -OCH3 is 1. The second-order valence-electron chi connectivity index (χ2n) is 48.4. The lowest BCUT2D eigenvalue weighted by Gasteiger charge is -2.33. The molecule has 6 aromatic carbocycles. The molecule has 0 saturated carbocycles. The van der Waals surface area contributed by atoms with E-state index < -0.39 is 26.6 Å². The maximum atomic E-state index is 14.0. The van der Waals surface area contributed by atoms with Crippen molar-refractivity contribution in [1.82, 2.24) is 0 Å². The van der Waals surface area contributed by atoms with Crippen LogP contribution in [0.4, 0.5) is 0 Å². The van der Waals surface area contributed by atoms with Gasteiger partial charge in [-0.3, -0.25) is 9.59 Å². The van der Waals surface area contributed by atoms with E-state index in [1.54, 1.807) is 24.3 Å². The van der Waals surface area contributed by atoms with Crippen LogP contribution in [0.25, 0.3) is 11.1 Å². The maximum absolute atomic E-state index is 14.0. The van der Waals surface area contributed by atoms with Crippen LogP contribution in [-0.4, -0.2) is 93.6 Å². The van der Waals surface area contributed by atoms with E-state index in [4.69, 9.17) is 27.8 Å². The highest BCUT2D eigenvalue weighted by atomic mass is 79.9. The van der Waals surface area contributed by atoms with Crippen molar-refractivity contribution in [2.45, 2.75) is 350 Å². The summed E-state index contributed by atoms with van der Waals surface area (Å²) in [5, 5.41) is 23.0. The molecule has 3 aliphatic heterocycles. The number of phenols is 2. The van der Waals surface area contributed by atoms with Crippen LogP contribution in [0.3, 0.4) is 0 Å². The van der Waals surface area contributed by atoms with Crippen molar-refractivity contribution < 1.29 is 57.1 Å². The predicted molar refractivity (Wildman–Crippen MR) is 558 cm³/mol. The van der Waals surface area contributed by atoms with E-state index in [0.717, 1.165) is 127 Å². The Morgan fingerprint density at radius 3 is 0.876 bits per heavy atom. The number of allylic oxidation sites excluding steroid dienone is 10. The number of ketones is 2. The highest BCUT2D eigenvalue weighted by molar-refractivity contribution is 9.11. The molecule has 11 rings (SSSR count). The fourth-order valence-electron chi connectivity index (χ4n) is 15.0. The summed E-state index contributed by atoms with van der Waals surface area (Å²) in [6.07, 6.45) is 10.9. The summed E-state index contributed by atoms with van der Waals surface area (Å²) in [6.45, 7) is 89.6. The molecule has 12 nitrogen and oxygen atoms in total. The number of rotatable bonds is 8. The van der Waals surface area contributed by atoms with Crippen LogP contribution in [0.1, 0.15) is 342 Å². The number of esters is 1. The zero-order chi connectivity index (χ0) is 98.9. The third-order valence-corrected chi connectivity index (χ3v) is 26.7. The Kier molecular flexibility index (Phi) is 35.4. The predicted octanol–water partition coefficient (Wildman–Crippen LogP) is 29.8. The normalized spacial score (nSPS) is 17.2. The van der Waals surface area contributed by atoms with Crippen molar-refractivity contribution in [1.29, 1.82) is 0 Å². The molecule has 0 radical (unpaired) electrons.